The lowest BCUT2D eigenvalue weighted by atomic mass is 10.0. The quantitative estimate of drug-likeness (QED) is 0.788. The van der Waals surface area contributed by atoms with Crippen LogP contribution in [0.3, 0.4) is 0 Å². The van der Waals surface area contributed by atoms with Crippen LogP contribution in [0.4, 0.5) is 0 Å². The van der Waals surface area contributed by atoms with E-state index in [1.54, 1.807) is 0 Å². The van der Waals surface area contributed by atoms with Gasteiger partial charge in [-0.25, -0.2) is 0 Å². The van der Waals surface area contributed by atoms with Crippen LogP contribution in [0.25, 0.3) is 0 Å². The summed E-state index contributed by atoms with van der Waals surface area (Å²) in [5, 5.41) is 3.05. The van der Waals surface area contributed by atoms with E-state index in [9.17, 15) is 4.79 Å². The molecule has 0 aliphatic carbocycles. The number of ether oxygens (including phenoxy) is 1. The van der Waals surface area contributed by atoms with Crippen molar-refractivity contribution in [1.29, 1.82) is 0 Å². The van der Waals surface area contributed by atoms with Crippen molar-refractivity contribution in [3.63, 3.8) is 0 Å². The van der Waals surface area contributed by atoms with E-state index >= 15 is 0 Å². The van der Waals surface area contributed by atoms with Gasteiger partial charge in [-0.2, -0.15) is 0 Å². The molecule has 1 atom stereocenters. The molecule has 1 aromatic rings. The molecule has 0 radical (unpaired) electrons. The summed E-state index contributed by atoms with van der Waals surface area (Å²) >= 11 is 0. The summed E-state index contributed by atoms with van der Waals surface area (Å²) in [6, 6.07) is 9.86. The minimum atomic E-state index is -0.0539. The smallest absolute Gasteiger partial charge is 0.257 e. The first-order chi connectivity index (χ1) is 11.5. The molecule has 1 unspecified atom stereocenters. The molecule has 1 N–H and O–H groups in total. The second kappa shape index (κ2) is 9.64. The Hall–Kier alpha value is -1.59. The van der Waals surface area contributed by atoms with Crippen LogP contribution in [0.2, 0.25) is 0 Å². The monoisotopic (exact) mass is 333 g/mol. The number of carbonyl (C=O) groups excluding carboxylic acids is 1. The molecule has 1 aliphatic heterocycles. The van der Waals surface area contributed by atoms with Crippen molar-refractivity contribution >= 4 is 5.91 Å². The van der Waals surface area contributed by atoms with Gasteiger partial charge in [-0.1, -0.05) is 32.0 Å². The van der Waals surface area contributed by atoms with E-state index in [0.29, 0.717) is 18.5 Å². The van der Waals surface area contributed by atoms with Gasteiger partial charge >= 0.3 is 0 Å². The van der Waals surface area contributed by atoms with Crippen molar-refractivity contribution in [3.05, 3.63) is 30.3 Å². The fraction of sp³-hybridized carbons (Fsp3) is 0.632. The van der Waals surface area contributed by atoms with Crippen molar-refractivity contribution in [1.82, 2.24) is 15.1 Å². The summed E-state index contributed by atoms with van der Waals surface area (Å²) in [7, 11) is 2.16. The van der Waals surface area contributed by atoms with Crippen LogP contribution < -0.4 is 10.1 Å². The Morgan fingerprint density at radius 3 is 2.46 bits per heavy atom. The average Bonchev–Trinajstić information content (AvgIpc) is 2.58. The number of nitrogens with zero attached hydrogens (tertiary/aromatic N) is 2. The van der Waals surface area contributed by atoms with E-state index in [1.165, 1.54) is 0 Å². The first-order valence-corrected chi connectivity index (χ1v) is 8.91. The van der Waals surface area contributed by atoms with E-state index in [4.69, 9.17) is 4.74 Å². The Kier molecular flexibility index (Phi) is 7.53. The second-order valence-corrected chi connectivity index (χ2v) is 7.03. The zero-order valence-corrected chi connectivity index (χ0v) is 15.2. The first kappa shape index (κ1) is 18.7. The molecular formula is C19H31N3O2. The van der Waals surface area contributed by atoms with Gasteiger partial charge in [-0.15, -0.1) is 0 Å². The van der Waals surface area contributed by atoms with Gasteiger partial charge in [0.25, 0.3) is 5.91 Å². The molecule has 2 rings (SSSR count). The van der Waals surface area contributed by atoms with Gasteiger partial charge in [0.05, 0.1) is 0 Å². The molecular weight excluding hydrogens is 302 g/mol. The van der Waals surface area contributed by atoms with Crippen LogP contribution in [-0.2, 0) is 4.79 Å². The lowest BCUT2D eigenvalue weighted by Crippen LogP contribution is -2.53. The molecule has 1 heterocycles. The van der Waals surface area contributed by atoms with Crippen LogP contribution in [0.15, 0.2) is 30.3 Å². The summed E-state index contributed by atoms with van der Waals surface area (Å²) in [5.41, 5.74) is 0. The normalized spacial score (nSPS) is 17.7. The minimum absolute atomic E-state index is 0.0539. The maximum absolute atomic E-state index is 12.1. The summed E-state index contributed by atoms with van der Waals surface area (Å²) in [6.07, 6.45) is 1.10. The maximum Gasteiger partial charge on any atom is 0.257 e. The highest BCUT2D eigenvalue weighted by Crippen LogP contribution is 2.13. The molecule has 134 valence electrons. The van der Waals surface area contributed by atoms with Gasteiger partial charge in [0.1, 0.15) is 5.75 Å². The summed E-state index contributed by atoms with van der Waals surface area (Å²) in [5.74, 6) is 1.29. The van der Waals surface area contributed by atoms with E-state index in [1.807, 2.05) is 30.3 Å². The number of piperazine rings is 1. The zero-order chi connectivity index (χ0) is 17.4. The number of hydrogen-bond donors (Lipinski definition) is 1. The first-order valence-electron chi connectivity index (χ1n) is 8.91. The molecule has 1 fully saturated rings. The van der Waals surface area contributed by atoms with Crippen LogP contribution in [-0.4, -0.2) is 68.1 Å². The number of hydrogen-bond acceptors (Lipinski definition) is 4. The Bertz CT molecular complexity index is 485. The van der Waals surface area contributed by atoms with E-state index in [2.05, 4.69) is 36.0 Å². The van der Waals surface area contributed by atoms with E-state index < -0.39 is 0 Å². The molecule has 0 bridgehead atoms. The van der Waals surface area contributed by atoms with E-state index in [0.717, 1.165) is 38.3 Å². The Morgan fingerprint density at radius 2 is 1.83 bits per heavy atom. The average molecular weight is 333 g/mol. The van der Waals surface area contributed by atoms with Crippen molar-refractivity contribution in [2.75, 3.05) is 46.4 Å². The highest BCUT2D eigenvalue weighted by atomic mass is 16.5. The zero-order valence-electron chi connectivity index (χ0n) is 15.2. The van der Waals surface area contributed by atoms with Crippen LogP contribution >= 0.6 is 0 Å². The predicted molar refractivity (Wildman–Crippen MR) is 97.3 cm³/mol. The molecule has 0 saturated carbocycles. The summed E-state index contributed by atoms with van der Waals surface area (Å²) in [6.45, 7) is 9.58. The fourth-order valence-electron chi connectivity index (χ4n) is 3.04. The number of para-hydroxylation sites is 1. The van der Waals surface area contributed by atoms with Crippen LogP contribution in [0, 0.1) is 5.92 Å². The van der Waals surface area contributed by atoms with Crippen LogP contribution in [0.1, 0.15) is 20.3 Å². The molecule has 5 nitrogen and oxygen atoms in total. The third kappa shape index (κ3) is 6.49. The fourth-order valence-corrected chi connectivity index (χ4v) is 3.04. The molecule has 1 aromatic carbocycles. The predicted octanol–water partition coefficient (Wildman–Crippen LogP) is 1.84. The van der Waals surface area contributed by atoms with Gasteiger partial charge in [-0.3, -0.25) is 9.69 Å². The molecule has 1 saturated heterocycles. The molecule has 1 amide bonds. The molecule has 0 spiro atoms. The standard InChI is InChI=1S/C19H31N3O2/c1-16(2)13-17(22-11-9-21(3)10-12-22)14-20-19(23)15-24-18-7-5-4-6-8-18/h4-8,16-17H,9-15H2,1-3H3,(H,20,23). The van der Waals surface area contributed by atoms with E-state index in [-0.39, 0.29) is 12.5 Å². The second-order valence-electron chi connectivity index (χ2n) is 7.03. The number of rotatable bonds is 8. The topological polar surface area (TPSA) is 44.8 Å². The van der Waals surface area contributed by atoms with Gasteiger partial charge in [0.2, 0.25) is 0 Å². The van der Waals surface area contributed by atoms with Crippen molar-refractivity contribution in [2.45, 2.75) is 26.3 Å². The summed E-state index contributed by atoms with van der Waals surface area (Å²) < 4.78 is 5.51. The number of likely N-dealkylation sites (N-methyl/N-ethyl adjacent to an activating group) is 1. The van der Waals surface area contributed by atoms with Crippen molar-refractivity contribution in [3.8, 4) is 5.75 Å². The Labute approximate surface area is 146 Å². The largest absolute Gasteiger partial charge is 0.484 e. The SMILES string of the molecule is CC(C)CC(CNC(=O)COc1ccccc1)N1CCN(C)CC1. The highest BCUT2D eigenvalue weighted by molar-refractivity contribution is 5.77. The Morgan fingerprint density at radius 1 is 1.17 bits per heavy atom. The molecule has 24 heavy (non-hydrogen) atoms. The van der Waals surface area contributed by atoms with Crippen LogP contribution in [0.5, 0.6) is 5.75 Å². The number of carbonyl (C=O) groups is 1. The Balaban J connectivity index is 1.77. The minimum Gasteiger partial charge on any atom is -0.484 e. The third-order valence-electron chi connectivity index (χ3n) is 4.45. The van der Waals surface area contributed by atoms with Gasteiger partial charge in [0.15, 0.2) is 6.61 Å². The number of benzene rings is 1. The maximum atomic E-state index is 12.1. The number of amides is 1. The number of nitrogens with one attached hydrogen (secondary N) is 1. The molecule has 1 aliphatic rings. The van der Waals surface area contributed by atoms with Gasteiger partial charge in [-0.05, 0) is 31.5 Å². The highest BCUT2D eigenvalue weighted by Gasteiger charge is 2.23. The lowest BCUT2D eigenvalue weighted by Gasteiger charge is -2.38. The third-order valence-corrected chi connectivity index (χ3v) is 4.45. The molecule has 5 heteroatoms. The summed E-state index contributed by atoms with van der Waals surface area (Å²) in [4.78, 5) is 16.9. The van der Waals surface area contributed by atoms with Crippen molar-refractivity contribution < 1.29 is 9.53 Å². The van der Waals surface area contributed by atoms with Crippen molar-refractivity contribution in [2.24, 2.45) is 5.92 Å². The van der Waals surface area contributed by atoms with Gasteiger partial charge in [0, 0.05) is 38.8 Å². The molecule has 0 aromatic heterocycles. The lowest BCUT2D eigenvalue weighted by molar-refractivity contribution is -0.123. The van der Waals surface area contributed by atoms with Gasteiger partial charge < -0.3 is 15.0 Å².